The SMILES string of the molecule is CCC(=O)N1CCc2cc(S(=O)(=O)NC3CC(C)(C)Oc4cc(OC)ccc43)ccc21. The maximum Gasteiger partial charge on any atom is 0.241 e. The molecule has 0 bridgehead atoms. The zero-order chi connectivity index (χ0) is 22.4. The lowest BCUT2D eigenvalue weighted by Gasteiger charge is -2.37. The molecule has 1 N–H and O–H groups in total. The molecule has 0 spiro atoms. The van der Waals surface area contributed by atoms with Gasteiger partial charge in [0.25, 0.3) is 0 Å². The Morgan fingerprint density at radius 3 is 2.74 bits per heavy atom. The van der Waals surface area contributed by atoms with Crippen LogP contribution in [-0.2, 0) is 21.2 Å². The molecule has 2 aliphatic heterocycles. The van der Waals surface area contributed by atoms with E-state index in [0.29, 0.717) is 37.3 Å². The third-order valence-corrected chi connectivity index (χ3v) is 7.31. The highest BCUT2D eigenvalue weighted by molar-refractivity contribution is 7.89. The van der Waals surface area contributed by atoms with Crippen LogP contribution in [0.3, 0.4) is 0 Å². The van der Waals surface area contributed by atoms with Crippen molar-refractivity contribution < 1.29 is 22.7 Å². The average molecular weight is 445 g/mol. The van der Waals surface area contributed by atoms with E-state index in [9.17, 15) is 13.2 Å². The molecule has 0 aromatic heterocycles. The summed E-state index contributed by atoms with van der Waals surface area (Å²) in [4.78, 5) is 14.1. The largest absolute Gasteiger partial charge is 0.497 e. The summed E-state index contributed by atoms with van der Waals surface area (Å²) in [5.74, 6) is 1.32. The predicted molar refractivity (Wildman–Crippen MR) is 118 cm³/mol. The Kier molecular flexibility index (Phi) is 5.47. The number of benzene rings is 2. The van der Waals surface area contributed by atoms with Crippen molar-refractivity contribution >= 4 is 21.6 Å². The summed E-state index contributed by atoms with van der Waals surface area (Å²) in [6, 6.07) is 9.98. The molecule has 7 nitrogen and oxygen atoms in total. The minimum Gasteiger partial charge on any atom is -0.497 e. The highest BCUT2D eigenvalue weighted by atomic mass is 32.2. The fourth-order valence-corrected chi connectivity index (χ4v) is 5.58. The van der Waals surface area contributed by atoms with Gasteiger partial charge < -0.3 is 14.4 Å². The maximum atomic E-state index is 13.3. The van der Waals surface area contributed by atoms with Crippen molar-refractivity contribution in [1.29, 1.82) is 0 Å². The third kappa shape index (κ3) is 4.14. The maximum absolute atomic E-state index is 13.3. The van der Waals surface area contributed by atoms with Crippen LogP contribution < -0.4 is 19.1 Å². The quantitative estimate of drug-likeness (QED) is 0.762. The lowest BCUT2D eigenvalue weighted by molar-refractivity contribution is -0.118. The molecule has 0 fully saturated rings. The van der Waals surface area contributed by atoms with Crippen molar-refractivity contribution in [3.63, 3.8) is 0 Å². The van der Waals surface area contributed by atoms with Crippen molar-refractivity contribution in [3.8, 4) is 11.5 Å². The first-order valence-electron chi connectivity index (χ1n) is 10.5. The molecule has 1 unspecified atom stereocenters. The van der Waals surface area contributed by atoms with Crippen LogP contribution in [0.2, 0.25) is 0 Å². The van der Waals surface area contributed by atoms with Crippen LogP contribution in [0.1, 0.15) is 50.8 Å². The van der Waals surface area contributed by atoms with Gasteiger partial charge in [-0.1, -0.05) is 13.0 Å². The first kappa shape index (κ1) is 21.6. The van der Waals surface area contributed by atoms with Crippen LogP contribution in [0.25, 0.3) is 0 Å². The summed E-state index contributed by atoms with van der Waals surface area (Å²) in [6.45, 7) is 6.28. The second-order valence-electron chi connectivity index (χ2n) is 8.58. The van der Waals surface area contributed by atoms with Gasteiger partial charge in [0, 0.05) is 36.7 Å². The molecule has 1 atom stereocenters. The van der Waals surface area contributed by atoms with E-state index in [1.807, 2.05) is 26.8 Å². The zero-order valence-corrected chi connectivity index (χ0v) is 19.1. The van der Waals surface area contributed by atoms with Crippen LogP contribution in [0, 0.1) is 0 Å². The average Bonchev–Trinajstić information content (AvgIpc) is 3.15. The number of ether oxygens (including phenoxy) is 2. The number of rotatable bonds is 5. The van der Waals surface area contributed by atoms with Crippen molar-refractivity contribution in [1.82, 2.24) is 4.72 Å². The number of methoxy groups -OCH3 is 1. The summed E-state index contributed by atoms with van der Waals surface area (Å²) >= 11 is 0. The number of sulfonamides is 1. The molecule has 31 heavy (non-hydrogen) atoms. The van der Waals surface area contributed by atoms with Gasteiger partial charge in [-0.05, 0) is 50.1 Å². The van der Waals surface area contributed by atoms with Gasteiger partial charge in [-0.25, -0.2) is 13.1 Å². The molecule has 0 aliphatic carbocycles. The molecule has 2 heterocycles. The first-order chi connectivity index (χ1) is 14.6. The molecule has 2 aromatic carbocycles. The number of carbonyl (C=O) groups excluding carboxylic acids is 1. The number of nitrogens with zero attached hydrogens (tertiary/aromatic N) is 1. The summed E-state index contributed by atoms with van der Waals surface area (Å²) < 4.78 is 40.7. The topological polar surface area (TPSA) is 84.9 Å². The number of hydrogen-bond acceptors (Lipinski definition) is 5. The fraction of sp³-hybridized carbons (Fsp3) is 0.435. The van der Waals surface area contributed by atoms with E-state index in [2.05, 4.69) is 4.72 Å². The summed E-state index contributed by atoms with van der Waals surface area (Å²) in [7, 11) is -2.19. The molecule has 0 saturated heterocycles. The Bertz CT molecular complexity index is 1130. The molecule has 0 radical (unpaired) electrons. The van der Waals surface area contributed by atoms with Crippen molar-refractivity contribution in [2.75, 3.05) is 18.6 Å². The first-order valence-corrected chi connectivity index (χ1v) is 11.9. The number of carbonyl (C=O) groups is 1. The van der Waals surface area contributed by atoms with Crippen molar-refractivity contribution in [3.05, 3.63) is 47.5 Å². The second kappa shape index (κ2) is 7.84. The van der Waals surface area contributed by atoms with Crippen LogP contribution in [0.15, 0.2) is 41.3 Å². The number of fused-ring (bicyclic) bond motifs is 2. The number of anilines is 1. The molecule has 2 aliphatic rings. The Hall–Kier alpha value is -2.58. The summed E-state index contributed by atoms with van der Waals surface area (Å²) in [5, 5.41) is 0. The van der Waals surface area contributed by atoms with E-state index in [-0.39, 0.29) is 10.8 Å². The van der Waals surface area contributed by atoms with E-state index in [4.69, 9.17) is 9.47 Å². The van der Waals surface area contributed by atoms with Gasteiger partial charge in [0.15, 0.2) is 0 Å². The molecule has 4 rings (SSSR count). The van der Waals surface area contributed by atoms with Gasteiger partial charge in [0.05, 0.1) is 18.0 Å². The van der Waals surface area contributed by atoms with Crippen LogP contribution in [-0.4, -0.2) is 33.6 Å². The van der Waals surface area contributed by atoms with Gasteiger partial charge in [-0.3, -0.25) is 4.79 Å². The summed E-state index contributed by atoms with van der Waals surface area (Å²) in [5.41, 5.74) is 1.92. The smallest absolute Gasteiger partial charge is 0.241 e. The van der Waals surface area contributed by atoms with Gasteiger partial charge >= 0.3 is 0 Å². The standard InChI is InChI=1S/C23H28N2O5S/c1-5-22(26)25-11-10-15-12-17(7-9-20(15)25)31(27,28)24-19-14-23(2,3)30-21-13-16(29-4)6-8-18(19)21/h6-9,12-13,19,24H,5,10-11,14H2,1-4H3. The lowest BCUT2D eigenvalue weighted by Crippen LogP contribution is -2.41. The molecule has 166 valence electrons. The molecular formula is C23H28N2O5S. The van der Waals surface area contributed by atoms with Crippen LogP contribution >= 0.6 is 0 Å². The van der Waals surface area contributed by atoms with Crippen LogP contribution in [0.5, 0.6) is 11.5 Å². The zero-order valence-electron chi connectivity index (χ0n) is 18.3. The Morgan fingerprint density at radius 1 is 1.26 bits per heavy atom. The molecular weight excluding hydrogens is 416 g/mol. The van der Waals surface area contributed by atoms with Gasteiger partial charge in [-0.2, -0.15) is 0 Å². The minimum atomic E-state index is -3.77. The van der Waals surface area contributed by atoms with Crippen molar-refractivity contribution in [2.24, 2.45) is 0 Å². The monoisotopic (exact) mass is 444 g/mol. The van der Waals surface area contributed by atoms with Gasteiger partial charge in [0.2, 0.25) is 15.9 Å². The molecule has 0 saturated carbocycles. The number of nitrogens with one attached hydrogen (secondary N) is 1. The third-order valence-electron chi connectivity index (χ3n) is 5.84. The van der Waals surface area contributed by atoms with E-state index in [1.165, 1.54) is 0 Å². The Balaban J connectivity index is 1.63. The van der Waals surface area contributed by atoms with E-state index >= 15 is 0 Å². The van der Waals surface area contributed by atoms with Gasteiger partial charge in [-0.15, -0.1) is 0 Å². The highest BCUT2D eigenvalue weighted by Gasteiger charge is 2.36. The van der Waals surface area contributed by atoms with E-state index < -0.39 is 21.7 Å². The molecule has 1 amide bonds. The molecule has 8 heteroatoms. The van der Waals surface area contributed by atoms with Gasteiger partial charge in [0.1, 0.15) is 17.1 Å². The van der Waals surface area contributed by atoms with E-state index in [1.54, 1.807) is 42.3 Å². The van der Waals surface area contributed by atoms with Crippen molar-refractivity contribution in [2.45, 2.75) is 56.6 Å². The lowest BCUT2D eigenvalue weighted by atomic mass is 9.90. The normalized spacial score (nSPS) is 19.4. The fourth-order valence-electron chi connectivity index (χ4n) is 4.31. The Morgan fingerprint density at radius 2 is 2.03 bits per heavy atom. The molecule has 2 aromatic rings. The number of hydrogen-bond donors (Lipinski definition) is 1. The number of amides is 1. The second-order valence-corrected chi connectivity index (χ2v) is 10.3. The van der Waals surface area contributed by atoms with E-state index in [0.717, 1.165) is 16.8 Å². The Labute approximate surface area is 183 Å². The minimum absolute atomic E-state index is 0.0453. The summed E-state index contributed by atoms with van der Waals surface area (Å²) in [6.07, 6.45) is 1.57. The van der Waals surface area contributed by atoms with Crippen LogP contribution in [0.4, 0.5) is 5.69 Å². The highest BCUT2D eigenvalue weighted by Crippen LogP contribution is 2.42. The predicted octanol–water partition coefficient (Wildman–Crippen LogP) is 3.58.